The van der Waals surface area contributed by atoms with Gasteiger partial charge in [0.1, 0.15) is 0 Å². The normalized spacial score (nSPS) is 11.4. The summed E-state index contributed by atoms with van der Waals surface area (Å²) < 4.78 is 0. The lowest BCUT2D eigenvalue weighted by molar-refractivity contribution is -0.384. The van der Waals surface area contributed by atoms with E-state index in [9.17, 15) is 19.7 Å². The smallest absolute Gasteiger partial charge is 0.269 e. The molecule has 8 heteroatoms. The highest BCUT2D eigenvalue weighted by molar-refractivity contribution is 8.00. The maximum Gasteiger partial charge on any atom is 0.269 e. The average molecular weight is 436 g/mol. The molecule has 0 aromatic heterocycles. The Morgan fingerprint density at radius 2 is 1.55 bits per heavy atom. The molecule has 0 aliphatic carbocycles. The first-order valence-electron chi connectivity index (χ1n) is 9.52. The summed E-state index contributed by atoms with van der Waals surface area (Å²) in [6.07, 6.45) is 0. The van der Waals surface area contributed by atoms with Crippen molar-refractivity contribution in [3.05, 3.63) is 94.0 Å². The maximum absolute atomic E-state index is 12.4. The Bertz CT molecular complexity index is 1100. The van der Waals surface area contributed by atoms with Crippen molar-refractivity contribution in [1.82, 2.24) is 0 Å². The number of hydrogen-bond donors (Lipinski definition) is 2. The number of benzene rings is 3. The lowest BCUT2D eigenvalue weighted by Gasteiger charge is -2.12. The van der Waals surface area contributed by atoms with Crippen molar-refractivity contribution in [2.75, 3.05) is 10.6 Å². The summed E-state index contributed by atoms with van der Waals surface area (Å²) in [5, 5.41) is 15.9. The van der Waals surface area contributed by atoms with Crippen LogP contribution in [0.5, 0.6) is 0 Å². The molecule has 2 amide bonds. The molecule has 0 spiro atoms. The molecule has 0 saturated carbocycles. The molecule has 31 heavy (non-hydrogen) atoms. The molecular weight excluding hydrogens is 414 g/mol. The van der Waals surface area contributed by atoms with E-state index in [2.05, 4.69) is 10.6 Å². The lowest BCUT2D eigenvalue weighted by atomic mass is 10.1. The number of non-ortho nitro benzene ring substituents is 1. The Kier molecular flexibility index (Phi) is 7.04. The van der Waals surface area contributed by atoms with E-state index in [4.69, 9.17) is 0 Å². The number of carbonyl (C=O) groups is 2. The van der Waals surface area contributed by atoms with Gasteiger partial charge in [-0.25, -0.2) is 0 Å². The molecule has 3 rings (SSSR count). The highest BCUT2D eigenvalue weighted by Crippen LogP contribution is 2.26. The number of amides is 2. The molecule has 1 unspecified atom stereocenters. The van der Waals surface area contributed by atoms with Gasteiger partial charge in [-0.2, -0.15) is 0 Å². The van der Waals surface area contributed by atoms with Crippen molar-refractivity contribution >= 4 is 40.6 Å². The van der Waals surface area contributed by atoms with Crippen molar-refractivity contribution in [1.29, 1.82) is 0 Å². The molecule has 0 aliphatic heterocycles. The van der Waals surface area contributed by atoms with Gasteiger partial charge in [0.25, 0.3) is 11.6 Å². The number of nitro benzene ring substituents is 1. The van der Waals surface area contributed by atoms with Crippen molar-refractivity contribution in [3.63, 3.8) is 0 Å². The standard InChI is InChI=1S/C23H21N3O4S/c1-15-4-3-5-17(14-15)23(28)25-19-8-12-21(13-9-19)31-16(2)22(27)24-18-6-10-20(11-7-18)26(29)30/h3-14,16H,1-2H3,(H,24,27)(H,25,28). The Balaban J connectivity index is 1.55. The molecule has 0 bridgehead atoms. The molecule has 3 aromatic rings. The minimum atomic E-state index is -0.489. The molecule has 158 valence electrons. The summed E-state index contributed by atoms with van der Waals surface area (Å²) in [5.74, 6) is -0.393. The highest BCUT2D eigenvalue weighted by Gasteiger charge is 2.15. The predicted molar refractivity (Wildman–Crippen MR) is 123 cm³/mol. The van der Waals surface area contributed by atoms with Crippen molar-refractivity contribution < 1.29 is 14.5 Å². The number of carbonyl (C=O) groups excluding carboxylic acids is 2. The van der Waals surface area contributed by atoms with Crippen molar-refractivity contribution in [3.8, 4) is 0 Å². The van der Waals surface area contributed by atoms with E-state index < -0.39 is 4.92 Å². The Hall–Kier alpha value is -3.65. The lowest BCUT2D eigenvalue weighted by Crippen LogP contribution is -2.22. The van der Waals surface area contributed by atoms with Crippen LogP contribution < -0.4 is 10.6 Å². The molecule has 1 atom stereocenters. The van der Waals surface area contributed by atoms with Gasteiger partial charge in [-0.1, -0.05) is 17.7 Å². The van der Waals surface area contributed by atoms with Gasteiger partial charge >= 0.3 is 0 Å². The second-order valence-electron chi connectivity index (χ2n) is 6.90. The third-order valence-electron chi connectivity index (χ3n) is 4.42. The van der Waals surface area contributed by atoms with E-state index in [0.717, 1.165) is 10.5 Å². The van der Waals surface area contributed by atoms with E-state index >= 15 is 0 Å². The number of rotatable bonds is 7. The van der Waals surface area contributed by atoms with E-state index in [-0.39, 0.29) is 22.8 Å². The summed E-state index contributed by atoms with van der Waals surface area (Å²) in [6, 6.07) is 20.3. The fourth-order valence-corrected chi connectivity index (χ4v) is 3.64. The van der Waals surface area contributed by atoms with E-state index in [1.54, 1.807) is 25.1 Å². The van der Waals surface area contributed by atoms with Crippen LogP contribution in [0.1, 0.15) is 22.8 Å². The average Bonchev–Trinajstić information content (AvgIpc) is 2.75. The Morgan fingerprint density at radius 3 is 2.16 bits per heavy atom. The Morgan fingerprint density at radius 1 is 0.935 bits per heavy atom. The van der Waals surface area contributed by atoms with Crippen LogP contribution in [0.2, 0.25) is 0 Å². The highest BCUT2D eigenvalue weighted by atomic mass is 32.2. The first kappa shape index (κ1) is 22.0. The summed E-state index contributed by atoms with van der Waals surface area (Å²) in [6.45, 7) is 3.71. The van der Waals surface area contributed by atoms with Crippen LogP contribution >= 0.6 is 11.8 Å². The van der Waals surface area contributed by atoms with E-state index in [1.807, 2.05) is 37.3 Å². The first-order valence-corrected chi connectivity index (χ1v) is 10.4. The second-order valence-corrected chi connectivity index (χ2v) is 8.32. The zero-order valence-electron chi connectivity index (χ0n) is 17.0. The fraction of sp³-hybridized carbons (Fsp3) is 0.130. The molecule has 0 radical (unpaired) electrons. The van der Waals surface area contributed by atoms with Gasteiger partial charge in [0.15, 0.2) is 0 Å². The number of hydrogen-bond acceptors (Lipinski definition) is 5. The number of nitrogens with one attached hydrogen (secondary N) is 2. The third kappa shape index (κ3) is 6.16. The van der Waals surface area contributed by atoms with Crippen LogP contribution in [0.25, 0.3) is 0 Å². The van der Waals surface area contributed by atoms with E-state index in [1.165, 1.54) is 36.0 Å². The van der Waals surface area contributed by atoms with E-state index in [0.29, 0.717) is 16.9 Å². The first-order chi connectivity index (χ1) is 14.8. The molecule has 0 saturated heterocycles. The molecule has 7 nitrogen and oxygen atoms in total. The van der Waals surface area contributed by atoms with Crippen LogP contribution in [0, 0.1) is 17.0 Å². The maximum atomic E-state index is 12.4. The Labute approximate surface area is 184 Å². The van der Waals surface area contributed by atoms with Crippen LogP contribution in [0.3, 0.4) is 0 Å². The molecule has 0 fully saturated rings. The zero-order chi connectivity index (χ0) is 22.4. The van der Waals surface area contributed by atoms with Gasteiger partial charge in [-0.05, 0) is 62.4 Å². The number of nitro groups is 1. The summed E-state index contributed by atoms with van der Waals surface area (Å²) in [7, 11) is 0. The monoisotopic (exact) mass is 435 g/mol. The number of anilines is 2. The van der Waals surface area contributed by atoms with Crippen LogP contribution in [0.4, 0.5) is 17.1 Å². The minimum absolute atomic E-state index is 0.0324. The molecule has 0 aliphatic rings. The summed E-state index contributed by atoms with van der Waals surface area (Å²) in [5.41, 5.74) is 2.74. The summed E-state index contributed by atoms with van der Waals surface area (Å²) >= 11 is 1.37. The fourth-order valence-electron chi connectivity index (χ4n) is 2.77. The van der Waals surface area contributed by atoms with Crippen molar-refractivity contribution in [2.24, 2.45) is 0 Å². The number of nitrogens with zero attached hydrogens (tertiary/aromatic N) is 1. The number of aryl methyl sites for hydroxylation is 1. The zero-order valence-corrected chi connectivity index (χ0v) is 17.8. The SMILES string of the molecule is Cc1cccc(C(=O)Nc2ccc(SC(C)C(=O)Nc3ccc([N+](=O)[O-])cc3)cc2)c1. The van der Waals surface area contributed by atoms with Gasteiger partial charge < -0.3 is 10.6 Å². The van der Waals surface area contributed by atoms with Gasteiger partial charge in [-0.3, -0.25) is 19.7 Å². The minimum Gasteiger partial charge on any atom is -0.325 e. The second kappa shape index (κ2) is 9.90. The largest absolute Gasteiger partial charge is 0.325 e. The predicted octanol–water partition coefficient (Wildman–Crippen LogP) is 5.27. The number of thioether (sulfide) groups is 1. The van der Waals surface area contributed by atoms with Gasteiger partial charge in [0.05, 0.1) is 10.2 Å². The quantitative estimate of drug-likeness (QED) is 0.299. The van der Waals surface area contributed by atoms with Gasteiger partial charge in [-0.15, -0.1) is 11.8 Å². The molecule has 2 N–H and O–H groups in total. The molecule has 0 heterocycles. The van der Waals surface area contributed by atoms with Crippen molar-refractivity contribution in [2.45, 2.75) is 24.0 Å². The van der Waals surface area contributed by atoms with Crippen LogP contribution in [-0.2, 0) is 4.79 Å². The van der Waals surface area contributed by atoms with Gasteiger partial charge in [0, 0.05) is 34.0 Å². The molecule has 3 aromatic carbocycles. The third-order valence-corrected chi connectivity index (χ3v) is 5.53. The van der Waals surface area contributed by atoms with Crippen LogP contribution in [-0.4, -0.2) is 22.0 Å². The topological polar surface area (TPSA) is 101 Å². The molecular formula is C23H21N3O4S. The van der Waals surface area contributed by atoms with Crippen LogP contribution in [0.15, 0.2) is 77.7 Å². The van der Waals surface area contributed by atoms with Gasteiger partial charge in [0.2, 0.25) is 5.91 Å². The summed E-state index contributed by atoms with van der Waals surface area (Å²) in [4.78, 5) is 35.8.